The first-order chi connectivity index (χ1) is 13.6. The Morgan fingerprint density at radius 1 is 1.04 bits per heavy atom. The first-order valence-electron chi connectivity index (χ1n) is 10.0. The summed E-state index contributed by atoms with van der Waals surface area (Å²) in [4.78, 5) is 16.4. The molecule has 3 fully saturated rings. The average molecular weight is 380 g/mol. The van der Waals surface area contributed by atoms with Crippen LogP contribution >= 0.6 is 0 Å². The number of hydrogen-bond donors (Lipinski definition) is 1. The second-order valence-corrected chi connectivity index (χ2v) is 8.29. The number of carbonyl (C=O) groups is 1. The third-order valence-corrected chi connectivity index (χ3v) is 6.83. The third-order valence-electron chi connectivity index (χ3n) is 6.83. The van der Waals surface area contributed by atoms with E-state index in [1.54, 1.807) is 13.3 Å². The molecule has 0 radical (unpaired) electrons. The van der Waals surface area contributed by atoms with E-state index in [0.717, 1.165) is 61.9 Å². The molecule has 1 aromatic carbocycles. The summed E-state index contributed by atoms with van der Waals surface area (Å²) in [5.41, 5.74) is 3.44. The van der Waals surface area contributed by atoms with E-state index in [4.69, 9.17) is 9.47 Å². The predicted molar refractivity (Wildman–Crippen MR) is 109 cm³/mol. The molecule has 5 nitrogen and oxygen atoms in total. The molecule has 3 saturated carbocycles. The van der Waals surface area contributed by atoms with Gasteiger partial charge in [0.15, 0.2) is 0 Å². The van der Waals surface area contributed by atoms with Gasteiger partial charge in [-0.25, -0.2) is 4.98 Å². The van der Waals surface area contributed by atoms with Gasteiger partial charge in [0, 0.05) is 24.5 Å². The SMILES string of the molecule is COC(=O)C12CCC(CNc3cccc(-c4ccnc(OC)c4)c3)(CC1)CC2. The van der Waals surface area contributed by atoms with E-state index in [1.807, 2.05) is 12.1 Å². The summed E-state index contributed by atoms with van der Waals surface area (Å²) in [5, 5.41) is 3.66. The van der Waals surface area contributed by atoms with Crippen LogP contribution in [0.15, 0.2) is 42.6 Å². The summed E-state index contributed by atoms with van der Waals surface area (Å²) in [5.74, 6) is 0.613. The van der Waals surface area contributed by atoms with Gasteiger partial charge in [0.1, 0.15) is 0 Å². The number of esters is 1. The van der Waals surface area contributed by atoms with Crippen LogP contribution in [0.1, 0.15) is 38.5 Å². The van der Waals surface area contributed by atoms with Gasteiger partial charge in [-0.1, -0.05) is 12.1 Å². The van der Waals surface area contributed by atoms with E-state index in [1.165, 1.54) is 7.11 Å². The van der Waals surface area contributed by atoms with Gasteiger partial charge in [-0.2, -0.15) is 0 Å². The fourth-order valence-electron chi connectivity index (χ4n) is 4.85. The molecule has 1 N–H and O–H groups in total. The Labute approximate surface area is 166 Å². The Morgan fingerprint density at radius 2 is 1.75 bits per heavy atom. The number of ether oxygens (including phenoxy) is 2. The van der Waals surface area contributed by atoms with Crippen molar-refractivity contribution in [2.75, 3.05) is 26.1 Å². The van der Waals surface area contributed by atoms with Crippen LogP contribution in [-0.4, -0.2) is 31.7 Å². The minimum atomic E-state index is -0.211. The van der Waals surface area contributed by atoms with Crippen molar-refractivity contribution in [1.29, 1.82) is 0 Å². The van der Waals surface area contributed by atoms with Crippen molar-refractivity contribution in [3.63, 3.8) is 0 Å². The summed E-state index contributed by atoms with van der Waals surface area (Å²) in [6, 6.07) is 12.4. The lowest BCUT2D eigenvalue weighted by Gasteiger charge is -2.52. The van der Waals surface area contributed by atoms with Gasteiger partial charge < -0.3 is 14.8 Å². The van der Waals surface area contributed by atoms with Crippen LogP contribution in [0.2, 0.25) is 0 Å². The third kappa shape index (κ3) is 3.46. The quantitative estimate of drug-likeness (QED) is 0.737. The maximum absolute atomic E-state index is 12.2. The van der Waals surface area contributed by atoms with E-state index in [9.17, 15) is 4.79 Å². The van der Waals surface area contributed by atoms with Crippen LogP contribution in [0.3, 0.4) is 0 Å². The largest absolute Gasteiger partial charge is 0.481 e. The number of nitrogens with one attached hydrogen (secondary N) is 1. The highest BCUT2D eigenvalue weighted by Crippen LogP contribution is 2.57. The Hall–Kier alpha value is -2.56. The van der Waals surface area contributed by atoms with Crippen molar-refractivity contribution >= 4 is 11.7 Å². The van der Waals surface area contributed by atoms with E-state index < -0.39 is 0 Å². The summed E-state index contributed by atoms with van der Waals surface area (Å²) >= 11 is 0. The molecule has 148 valence electrons. The van der Waals surface area contributed by atoms with Gasteiger partial charge >= 0.3 is 5.97 Å². The average Bonchev–Trinajstić information content (AvgIpc) is 2.78. The molecule has 28 heavy (non-hydrogen) atoms. The number of benzene rings is 1. The number of pyridine rings is 1. The Kier molecular flexibility index (Phi) is 5.00. The summed E-state index contributed by atoms with van der Waals surface area (Å²) in [6.45, 7) is 0.952. The molecule has 0 spiro atoms. The Bertz CT molecular complexity index is 840. The lowest BCUT2D eigenvalue weighted by Crippen LogP contribution is -2.48. The molecule has 0 amide bonds. The molecular weight excluding hydrogens is 352 g/mol. The number of fused-ring (bicyclic) bond motifs is 3. The minimum absolute atomic E-state index is 0.00533. The number of nitrogens with zero attached hydrogens (tertiary/aromatic N) is 1. The molecule has 1 heterocycles. The molecule has 0 saturated heterocycles. The van der Waals surface area contributed by atoms with Crippen molar-refractivity contribution in [2.24, 2.45) is 10.8 Å². The van der Waals surface area contributed by atoms with Gasteiger partial charge in [0.2, 0.25) is 5.88 Å². The van der Waals surface area contributed by atoms with Crippen molar-refractivity contribution in [3.05, 3.63) is 42.6 Å². The number of methoxy groups -OCH3 is 2. The van der Waals surface area contributed by atoms with Crippen LogP contribution in [0, 0.1) is 10.8 Å². The number of carbonyl (C=O) groups excluding carboxylic acids is 1. The molecule has 3 aliphatic carbocycles. The van der Waals surface area contributed by atoms with Crippen LogP contribution < -0.4 is 10.1 Å². The van der Waals surface area contributed by atoms with E-state index in [0.29, 0.717) is 11.3 Å². The fraction of sp³-hybridized carbons (Fsp3) is 0.478. The van der Waals surface area contributed by atoms with Crippen LogP contribution in [0.4, 0.5) is 5.69 Å². The minimum Gasteiger partial charge on any atom is -0.481 e. The van der Waals surface area contributed by atoms with Crippen LogP contribution in [-0.2, 0) is 9.53 Å². The molecule has 0 unspecified atom stereocenters. The Morgan fingerprint density at radius 3 is 2.43 bits per heavy atom. The van der Waals surface area contributed by atoms with Crippen molar-refractivity contribution in [1.82, 2.24) is 4.98 Å². The molecule has 3 aliphatic rings. The van der Waals surface area contributed by atoms with E-state index in [-0.39, 0.29) is 11.4 Å². The molecular formula is C23H28N2O3. The zero-order chi connectivity index (χ0) is 19.6. The Balaban J connectivity index is 1.43. The topological polar surface area (TPSA) is 60.5 Å². The molecule has 1 aromatic heterocycles. The highest BCUT2D eigenvalue weighted by Gasteiger charge is 2.52. The number of rotatable bonds is 6. The molecule has 2 aromatic rings. The number of aromatic nitrogens is 1. The summed E-state index contributed by atoms with van der Waals surface area (Å²) < 4.78 is 10.3. The maximum Gasteiger partial charge on any atom is 0.311 e. The van der Waals surface area contributed by atoms with Crippen LogP contribution in [0.25, 0.3) is 11.1 Å². The molecule has 5 heteroatoms. The molecule has 0 atom stereocenters. The predicted octanol–water partition coefficient (Wildman–Crippen LogP) is 4.68. The summed E-state index contributed by atoms with van der Waals surface area (Å²) in [6.07, 6.45) is 7.92. The van der Waals surface area contributed by atoms with Crippen molar-refractivity contribution in [2.45, 2.75) is 38.5 Å². The van der Waals surface area contributed by atoms with Gasteiger partial charge in [0.05, 0.1) is 19.6 Å². The molecule has 2 bridgehead atoms. The second-order valence-electron chi connectivity index (χ2n) is 8.29. The van der Waals surface area contributed by atoms with Gasteiger partial charge in [-0.3, -0.25) is 4.79 Å². The zero-order valence-corrected chi connectivity index (χ0v) is 16.7. The van der Waals surface area contributed by atoms with Gasteiger partial charge in [0.25, 0.3) is 0 Å². The highest BCUT2D eigenvalue weighted by atomic mass is 16.5. The van der Waals surface area contributed by atoms with Crippen molar-refractivity contribution < 1.29 is 14.3 Å². The van der Waals surface area contributed by atoms with Crippen molar-refractivity contribution in [3.8, 4) is 17.0 Å². The van der Waals surface area contributed by atoms with Gasteiger partial charge in [-0.05, 0) is 73.3 Å². The number of anilines is 1. The van der Waals surface area contributed by atoms with E-state index >= 15 is 0 Å². The normalized spacial score (nSPS) is 25.9. The first kappa shape index (κ1) is 18.8. The summed E-state index contributed by atoms with van der Waals surface area (Å²) in [7, 11) is 3.15. The van der Waals surface area contributed by atoms with Gasteiger partial charge in [-0.15, -0.1) is 0 Å². The smallest absolute Gasteiger partial charge is 0.311 e. The zero-order valence-electron chi connectivity index (χ0n) is 16.7. The maximum atomic E-state index is 12.2. The monoisotopic (exact) mass is 380 g/mol. The highest BCUT2D eigenvalue weighted by molar-refractivity contribution is 5.77. The second kappa shape index (κ2) is 7.46. The standard InChI is InChI=1S/C23H28N2O3/c1-27-20-15-18(6-13-24-20)17-4-3-5-19(14-17)25-16-22-7-10-23(11-8-22,12-9-22)21(26)28-2/h3-6,13-15,25H,7-12,16H2,1-2H3. The fourth-order valence-corrected chi connectivity index (χ4v) is 4.85. The lowest BCUT2D eigenvalue weighted by molar-refractivity contribution is -0.162. The van der Waals surface area contributed by atoms with E-state index in [2.05, 4.69) is 34.6 Å². The number of hydrogen-bond acceptors (Lipinski definition) is 5. The van der Waals surface area contributed by atoms with Crippen LogP contribution in [0.5, 0.6) is 5.88 Å². The molecule has 5 rings (SSSR count). The first-order valence-corrected chi connectivity index (χ1v) is 10.0. The molecule has 0 aliphatic heterocycles. The lowest BCUT2D eigenvalue weighted by atomic mass is 9.53.